The van der Waals surface area contributed by atoms with Crippen LogP contribution in [0.5, 0.6) is 0 Å². The monoisotopic (exact) mass is 365 g/mol. The van der Waals surface area contributed by atoms with Gasteiger partial charge in [0.05, 0.1) is 5.69 Å². The molecule has 4 saturated carbocycles. The number of nitrogens with one attached hydrogen (secondary N) is 1. The number of carbonyl (C=O) groups excluding carboxylic acids is 1. The Morgan fingerprint density at radius 3 is 2.41 bits per heavy atom. The summed E-state index contributed by atoms with van der Waals surface area (Å²) in [7, 11) is 0. The number of benzene rings is 1. The van der Waals surface area contributed by atoms with Crippen LogP contribution in [0, 0.1) is 30.1 Å². The third-order valence-electron chi connectivity index (χ3n) is 7.41. The van der Waals surface area contributed by atoms with Crippen LogP contribution in [0.4, 0.5) is 0 Å². The van der Waals surface area contributed by atoms with Crippen molar-refractivity contribution in [2.45, 2.75) is 58.4 Å². The summed E-state index contributed by atoms with van der Waals surface area (Å²) in [6, 6.07) is 5.94. The first-order chi connectivity index (χ1) is 13.0. The van der Waals surface area contributed by atoms with Crippen LogP contribution < -0.4 is 5.32 Å². The molecule has 1 aromatic carbocycles. The standard InChI is InChI=1S/C21H27N5O/c1-13-5-18(3-4-19(13)26-12-22-24-25-26)20(27)23-14(2)21-9-15-6-16(10-21)8-17(7-15)11-21/h3-5,12,14-17H,6-11H2,1-2H3,(H,23,27). The number of aromatic nitrogens is 4. The number of amides is 1. The highest BCUT2D eigenvalue weighted by atomic mass is 16.1. The Morgan fingerprint density at radius 2 is 1.85 bits per heavy atom. The zero-order valence-corrected chi connectivity index (χ0v) is 16.1. The van der Waals surface area contributed by atoms with Crippen LogP contribution in [-0.2, 0) is 0 Å². The number of tetrazole rings is 1. The van der Waals surface area contributed by atoms with Crippen LogP contribution in [-0.4, -0.2) is 32.2 Å². The summed E-state index contributed by atoms with van der Waals surface area (Å²) in [5.74, 6) is 2.72. The van der Waals surface area contributed by atoms with E-state index in [1.807, 2.05) is 25.1 Å². The third-order valence-corrected chi connectivity index (χ3v) is 7.41. The van der Waals surface area contributed by atoms with Gasteiger partial charge in [-0.3, -0.25) is 4.79 Å². The molecular weight excluding hydrogens is 338 g/mol. The SMILES string of the molecule is Cc1cc(C(=O)NC(C)C23CC4CC(CC(C4)C2)C3)ccc1-n1cnnn1. The molecule has 1 atom stereocenters. The lowest BCUT2D eigenvalue weighted by atomic mass is 9.48. The van der Waals surface area contributed by atoms with Crippen LogP contribution in [0.3, 0.4) is 0 Å². The molecule has 0 saturated heterocycles. The Bertz CT molecular complexity index is 824. The van der Waals surface area contributed by atoms with Gasteiger partial charge >= 0.3 is 0 Å². The largest absolute Gasteiger partial charge is 0.349 e. The summed E-state index contributed by atoms with van der Waals surface area (Å²) >= 11 is 0. The van der Waals surface area contributed by atoms with Crippen molar-refractivity contribution in [2.75, 3.05) is 0 Å². The lowest BCUT2D eigenvalue weighted by Crippen LogP contribution is -2.55. The van der Waals surface area contributed by atoms with Crippen molar-refractivity contribution in [2.24, 2.45) is 23.2 Å². The van der Waals surface area contributed by atoms with Crippen LogP contribution in [0.1, 0.15) is 61.4 Å². The van der Waals surface area contributed by atoms with Crippen molar-refractivity contribution in [3.63, 3.8) is 0 Å². The molecule has 4 aliphatic rings. The Labute approximate surface area is 159 Å². The molecule has 2 aromatic rings. The summed E-state index contributed by atoms with van der Waals surface area (Å²) in [4.78, 5) is 12.9. The van der Waals surface area contributed by atoms with Gasteiger partial charge in [0.25, 0.3) is 5.91 Å². The molecule has 1 amide bonds. The Balaban J connectivity index is 1.32. The predicted octanol–water partition coefficient (Wildman–Crippen LogP) is 3.31. The first-order valence-electron chi connectivity index (χ1n) is 10.2. The smallest absolute Gasteiger partial charge is 0.251 e. The van der Waals surface area contributed by atoms with Crippen molar-refractivity contribution in [1.29, 1.82) is 0 Å². The van der Waals surface area contributed by atoms with Crippen LogP contribution in [0.2, 0.25) is 0 Å². The molecule has 142 valence electrons. The van der Waals surface area contributed by atoms with Gasteiger partial charge in [0.15, 0.2) is 0 Å². The minimum absolute atomic E-state index is 0.0320. The average molecular weight is 365 g/mol. The molecule has 0 aliphatic heterocycles. The van der Waals surface area contributed by atoms with E-state index in [1.54, 1.807) is 11.0 Å². The molecule has 0 spiro atoms. The maximum Gasteiger partial charge on any atom is 0.251 e. The van der Waals surface area contributed by atoms with E-state index < -0.39 is 0 Å². The number of aryl methyl sites for hydroxylation is 1. The quantitative estimate of drug-likeness (QED) is 0.902. The normalized spacial score (nSPS) is 32.4. The molecule has 4 aliphatic carbocycles. The van der Waals surface area contributed by atoms with Crippen molar-refractivity contribution >= 4 is 5.91 Å². The van der Waals surface area contributed by atoms with Gasteiger partial charge < -0.3 is 5.32 Å². The van der Waals surface area contributed by atoms with Gasteiger partial charge in [-0.15, -0.1) is 5.10 Å². The molecule has 4 fully saturated rings. The number of hydrogen-bond acceptors (Lipinski definition) is 4. The average Bonchev–Trinajstić information content (AvgIpc) is 3.14. The maximum atomic E-state index is 12.9. The van der Waals surface area contributed by atoms with E-state index in [0.717, 1.165) is 29.0 Å². The van der Waals surface area contributed by atoms with Gasteiger partial charge in [0.1, 0.15) is 6.33 Å². The fourth-order valence-corrected chi connectivity index (χ4v) is 6.47. The van der Waals surface area contributed by atoms with Crippen molar-refractivity contribution in [1.82, 2.24) is 25.5 Å². The summed E-state index contributed by atoms with van der Waals surface area (Å²) in [5.41, 5.74) is 2.91. The topological polar surface area (TPSA) is 72.7 Å². The predicted molar refractivity (Wildman–Crippen MR) is 101 cm³/mol. The molecule has 1 aromatic heterocycles. The van der Waals surface area contributed by atoms with E-state index in [9.17, 15) is 4.79 Å². The highest BCUT2D eigenvalue weighted by Gasteiger charge is 2.53. The van der Waals surface area contributed by atoms with E-state index in [1.165, 1.54) is 38.5 Å². The summed E-state index contributed by atoms with van der Waals surface area (Å²) in [5, 5.41) is 14.6. The van der Waals surface area contributed by atoms with Crippen LogP contribution in [0.15, 0.2) is 24.5 Å². The second-order valence-electron chi connectivity index (χ2n) is 9.23. The summed E-state index contributed by atoms with van der Waals surface area (Å²) < 4.78 is 1.62. The van der Waals surface area contributed by atoms with Gasteiger partial charge in [-0.2, -0.15) is 0 Å². The molecular formula is C21H27N5O. The lowest BCUT2D eigenvalue weighted by molar-refractivity contribution is -0.0688. The minimum Gasteiger partial charge on any atom is -0.349 e. The molecule has 6 nitrogen and oxygen atoms in total. The van der Waals surface area contributed by atoms with E-state index in [2.05, 4.69) is 27.8 Å². The highest BCUT2D eigenvalue weighted by Crippen LogP contribution is 2.61. The second kappa shape index (κ2) is 6.14. The number of hydrogen-bond donors (Lipinski definition) is 1. The van der Waals surface area contributed by atoms with Gasteiger partial charge in [0, 0.05) is 11.6 Å². The van der Waals surface area contributed by atoms with Crippen molar-refractivity contribution < 1.29 is 4.79 Å². The summed E-state index contributed by atoms with van der Waals surface area (Å²) in [6.07, 6.45) is 9.76. The zero-order valence-electron chi connectivity index (χ0n) is 16.1. The fourth-order valence-electron chi connectivity index (χ4n) is 6.47. The van der Waals surface area contributed by atoms with E-state index >= 15 is 0 Å². The molecule has 4 bridgehead atoms. The summed E-state index contributed by atoms with van der Waals surface area (Å²) in [6.45, 7) is 4.21. The molecule has 1 N–H and O–H groups in total. The molecule has 6 rings (SSSR count). The van der Waals surface area contributed by atoms with Gasteiger partial charge in [-0.25, -0.2) is 4.68 Å². The molecule has 0 radical (unpaired) electrons. The molecule has 27 heavy (non-hydrogen) atoms. The van der Waals surface area contributed by atoms with Crippen LogP contribution in [0.25, 0.3) is 5.69 Å². The molecule has 1 heterocycles. The maximum absolute atomic E-state index is 12.9. The first-order valence-corrected chi connectivity index (χ1v) is 10.2. The molecule has 1 unspecified atom stereocenters. The van der Waals surface area contributed by atoms with E-state index in [0.29, 0.717) is 11.0 Å². The van der Waals surface area contributed by atoms with E-state index in [4.69, 9.17) is 0 Å². The number of carbonyl (C=O) groups is 1. The zero-order chi connectivity index (χ0) is 18.6. The Hall–Kier alpha value is -2.24. The van der Waals surface area contributed by atoms with Gasteiger partial charge in [-0.1, -0.05) is 0 Å². The Morgan fingerprint density at radius 1 is 1.19 bits per heavy atom. The molecule has 6 heteroatoms. The number of rotatable bonds is 4. The third kappa shape index (κ3) is 2.86. The first kappa shape index (κ1) is 16.9. The Kier molecular flexibility index (Phi) is 3.85. The van der Waals surface area contributed by atoms with Gasteiger partial charge in [-0.05, 0) is 110 Å². The minimum atomic E-state index is 0.0320. The fraction of sp³-hybridized carbons (Fsp3) is 0.619. The van der Waals surface area contributed by atoms with Crippen LogP contribution >= 0.6 is 0 Å². The lowest BCUT2D eigenvalue weighted by Gasteiger charge is -2.59. The van der Waals surface area contributed by atoms with Crippen molar-refractivity contribution in [3.05, 3.63) is 35.7 Å². The van der Waals surface area contributed by atoms with Crippen molar-refractivity contribution in [3.8, 4) is 5.69 Å². The second-order valence-corrected chi connectivity index (χ2v) is 9.23. The van der Waals surface area contributed by atoms with Gasteiger partial charge in [0.2, 0.25) is 0 Å². The number of nitrogens with zero attached hydrogens (tertiary/aromatic N) is 4. The highest BCUT2D eigenvalue weighted by molar-refractivity contribution is 5.94. The van der Waals surface area contributed by atoms with E-state index in [-0.39, 0.29) is 11.9 Å².